The summed E-state index contributed by atoms with van der Waals surface area (Å²) in [6, 6.07) is 3.71. The van der Waals surface area contributed by atoms with Crippen molar-refractivity contribution in [1.82, 2.24) is 20.3 Å². The number of nitrogens with one attached hydrogen (secondary N) is 1. The molecule has 0 radical (unpaired) electrons. The molecule has 11 heteroatoms. The topological polar surface area (TPSA) is 123 Å². The number of nitrogens with zero attached hydrogens (tertiary/aromatic N) is 5. The molecule has 144 valence electrons. The smallest absolute Gasteiger partial charge is 0.229 e. The highest BCUT2D eigenvalue weighted by molar-refractivity contribution is 9.10. The summed E-state index contributed by atoms with van der Waals surface area (Å²) < 4.78 is 0.754. The Kier molecular flexibility index (Phi) is 6.63. The Bertz CT molecular complexity index is 847. The zero-order valence-electron chi connectivity index (χ0n) is 14.4. The molecular weight excluding hydrogens is 420 g/mol. The minimum atomic E-state index is -0.331. The second-order valence-corrected chi connectivity index (χ2v) is 6.56. The van der Waals surface area contributed by atoms with Crippen molar-refractivity contribution >= 4 is 44.5 Å². The van der Waals surface area contributed by atoms with Crippen LogP contribution in [0.25, 0.3) is 11.0 Å². The Morgan fingerprint density at radius 1 is 1.30 bits per heavy atom. The molecule has 2 aromatic rings. The van der Waals surface area contributed by atoms with E-state index in [1.54, 1.807) is 17.3 Å². The first-order chi connectivity index (χ1) is 13.1. The molecule has 0 atom stereocenters. The number of hydrogen-bond acceptors (Lipinski definition) is 9. The quantitative estimate of drug-likeness (QED) is 0.443. The van der Waals surface area contributed by atoms with E-state index in [1.165, 1.54) is 0 Å². The van der Waals surface area contributed by atoms with Crippen molar-refractivity contribution in [3.8, 4) is 0 Å². The van der Waals surface area contributed by atoms with E-state index in [0.29, 0.717) is 38.3 Å². The molecule has 3 rings (SSSR count). The number of aromatic nitrogens is 2. The maximum atomic E-state index is 12.5. The second-order valence-electron chi connectivity index (χ2n) is 5.77. The van der Waals surface area contributed by atoms with Gasteiger partial charge in [-0.05, 0) is 40.9 Å². The molecule has 1 aliphatic rings. The van der Waals surface area contributed by atoms with E-state index in [0.717, 1.165) is 21.2 Å². The van der Waals surface area contributed by atoms with Crippen molar-refractivity contribution in [3.63, 3.8) is 0 Å². The first-order valence-corrected chi connectivity index (χ1v) is 9.17. The van der Waals surface area contributed by atoms with Gasteiger partial charge < -0.3 is 5.32 Å². The fourth-order valence-electron chi connectivity index (χ4n) is 2.68. The molecule has 1 aromatic carbocycles. The Balaban J connectivity index is 1.60. The maximum absolute atomic E-state index is 12.5. The third-order valence-electron chi connectivity index (χ3n) is 3.96. The molecule has 0 saturated heterocycles. The summed E-state index contributed by atoms with van der Waals surface area (Å²) in [5.41, 5.74) is 2.24. The lowest BCUT2D eigenvalue weighted by Crippen LogP contribution is -2.38. The minimum absolute atomic E-state index is 0.0553. The highest BCUT2D eigenvalue weighted by Gasteiger charge is 2.24. The van der Waals surface area contributed by atoms with Crippen molar-refractivity contribution in [2.75, 3.05) is 25.0 Å². The number of benzene rings is 1. The van der Waals surface area contributed by atoms with Crippen molar-refractivity contribution < 1.29 is 20.0 Å². The molecule has 27 heavy (non-hydrogen) atoms. The number of unbranched alkanes of at least 4 members (excludes halogenated alkanes) is 1. The second kappa shape index (κ2) is 9.15. The van der Waals surface area contributed by atoms with Gasteiger partial charge in [0.25, 0.3) is 0 Å². The van der Waals surface area contributed by atoms with Gasteiger partial charge in [-0.15, -0.1) is 0 Å². The summed E-state index contributed by atoms with van der Waals surface area (Å²) in [4.78, 5) is 31.5. The van der Waals surface area contributed by atoms with Crippen LogP contribution in [-0.4, -0.2) is 62.2 Å². The maximum Gasteiger partial charge on any atom is 0.229 e. The molecule has 0 bridgehead atoms. The molecular formula is C16H19BrN6O4. The van der Waals surface area contributed by atoms with Crippen LogP contribution in [0.4, 0.5) is 5.69 Å². The summed E-state index contributed by atoms with van der Waals surface area (Å²) >= 11 is 3.53. The minimum Gasteiger partial charge on any atom is -0.325 e. The fraction of sp³-hybridized carbons (Fsp3) is 0.375. The van der Waals surface area contributed by atoms with Gasteiger partial charge >= 0.3 is 0 Å². The molecule has 0 fully saturated rings. The van der Waals surface area contributed by atoms with Gasteiger partial charge in [0.15, 0.2) is 0 Å². The summed E-state index contributed by atoms with van der Waals surface area (Å²) in [5.74, 6) is 0.442. The molecule has 3 N–H and O–H groups in total. The van der Waals surface area contributed by atoms with Gasteiger partial charge in [-0.3, -0.25) is 39.9 Å². The number of carbonyl (C=O) groups is 1. The van der Waals surface area contributed by atoms with Crippen LogP contribution in [0, 0.1) is 0 Å². The van der Waals surface area contributed by atoms with Crippen molar-refractivity contribution in [2.45, 2.75) is 19.3 Å². The highest BCUT2D eigenvalue weighted by atomic mass is 79.9. The van der Waals surface area contributed by atoms with Crippen LogP contribution in [-0.2, 0) is 9.63 Å². The molecule has 0 aliphatic carbocycles. The predicted octanol–water partition coefficient (Wildman–Crippen LogP) is 2.18. The molecule has 2 heterocycles. The van der Waals surface area contributed by atoms with Crippen LogP contribution in [0.5, 0.6) is 0 Å². The summed E-state index contributed by atoms with van der Waals surface area (Å²) in [7, 11) is 0. The van der Waals surface area contributed by atoms with E-state index in [2.05, 4.69) is 41.0 Å². The van der Waals surface area contributed by atoms with E-state index in [9.17, 15) is 4.79 Å². The summed E-state index contributed by atoms with van der Waals surface area (Å²) in [6.07, 6.45) is 4.65. The number of amides is 1. The first-order valence-electron chi connectivity index (χ1n) is 8.38. The van der Waals surface area contributed by atoms with Gasteiger partial charge in [0.1, 0.15) is 5.52 Å². The van der Waals surface area contributed by atoms with Crippen LogP contribution < -0.4 is 5.32 Å². The highest BCUT2D eigenvalue weighted by Crippen LogP contribution is 2.29. The van der Waals surface area contributed by atoms with Crippen LogP contribution >= 0.6 is 15.9 Å². The largest absolute Gasteiger partial charge is 0.325 e. The lowest BCUT2D eigenvalue weighted by atomic mass is 10.2. The molecule has 0 saturated carbocycles. The molecule has 1 amide bonds. The van der Waals surface area contributed by atoms with Crippen LogP contribution in [0.3, 0.4) is 0 Å². The monoisotopic (exact) mass is 438 g/mol. The third-order valence-corrected chi connectivity index (χ3v) is 4.76. The molecule has 10 nitrogen and oxygen atoms in total. The van der Waals surface area contributed by atoms with Gasteiger partial charge in [-0.1, -0.05) is 0 Å². The van der Waals surface area contributed by atoms with E-state index < -0.39 is 0 Å². The van der Waals surface area contributed by atoms with Crippen LogP contribution in [0.2, 0.25) is 0 Å². The third kappa shape index (κ3) is 4.96. The van der Waals surface area contributed by atoms with Gasteiger partial charge in [0.2, 0.25) is 11.9 Å². The summed E-state index contributed by atoms with van der Waals surface area (Å²) in [5, 5.41) is 19.8. The van der Waals surface area contributed by atoms with Crippen molar-refractivity contribution in [3.05, 3.63) is 29.0 Å². The molecule has 1 aliphatic heterocycles. The number of hydrogen-bond donors (Lipinski definition) is 3. The van der Waals surface area contributed by atoms with Gasteiger partial charge in [0.05, 0.1) is 34.2 Å². The fourth-order valence-corrected chi connectivity index (χ4v) is 3.21. The lowest BCUT2D eigenvalue weighted by Gasteiger charge is -2.20. The average Bonchev–Trinajstić information content (AvgIpc) is 3.12. The van der Waals surface area contributed by atoms with E-state index in [1.807, 2.05) is 12.1 Å². The van der Waals surface area contributed by atoms with Crippen molar-refractivity contribution in [2.24, 2.45) is 4.99 Å². The Labute approximate surface area is 163 Å². The molecule has 1 aromatic heterocycles. The van der Waals surface area contributed by atoms with Crippen molar-refractivity contribution in [1.29, 1.82) is 0 Å². The number of carbonyl (C=O) groups excluding carboxylic acids is 1. The van der Waals surface area contributed by atoms with E-state index >= 15 is 0 Å². The lowest BCUT2D eigenvalue weighted by molar-refractivity contribution is -0.492. The van der Waals surface area contributed by atoms with Gasteiger partial charge in [-0.25, -0.2) is 0 Å². The normalized spacial score (nSPS) is 14.1. The predicted molar refractivity (Wildman–Crippen MR) is 100 cm³/mol. The first kappa shape index (κ1) is 19.6. The Morgan fingerprint density at radius 2 is 2.11 bits per heavy atom. The van der Waals surface area contributed by atoms with Gasteiger partial charge in [-0.2, -0.15) is 0 Å². The standard InChI is InChI=1S/C16H19BrN6O4/c17-14-11(4-5-12-15(14)19-7-6-18-12)21-16-20-8-9-22(16)13(24)3-1-2-10-27-23(25)26/h4-7,25-26H,1-3,8-10H2,(H,20,21). The molecule has 0 spiro atoms. The number of fused-ring (bicyclic) bond motifs is 1. The number of aliphatic imine (C=N–C) groups is 1. The number of guanidine groups is 1. The van der Waals surface area contributed by atoms with Gasteiger partial charge in [0, 0.05) is 25.4 Å². The number of halogens is 1. The Hall–Kier alpha value is -2.18. The molecule has 0 unspecified atom stereocenters. The van der Waals surface area contributed by atoms with E-state index in [-0.39, 0.29) is 17.9 Å². The number of anilines is 1. The van der Waals surface area contributed by atoms with Crippen LogP contribution in [0.1, 0.15) is 19.3 Å². The Morgan fingerprint density at radius 3 is 2.93 bits per heavy atom. The summed E-state index contributed by atoms with van der Waals surface area (Å²) in [6.45, 7) is 1.17. The zero-order chi connectivity index (χ0) is 19.2. The average molecular weight is 439 g/mol. The SMILES string of the molecule is O=C(CCCCON(O)O)N1CCN=C1Nc1ccc2nccnc2c1Br. The zero-order valence-corrected chi connectivity index (χ0v) is 16.0. The van der Waals surface area contributed by atoms with Crippen LogP contribution in [0.15, 0.2) is 34.0 Å². The van der Waals surface area contributed by atoms with E-state index in [4.69, 9.17) is 10.4 Å². The number of rotatable bonds is 7.